The van der Waals surface area contributed by atoms with Crippen LogP contribution in [0, 0.1) is 0 Å². The number of ether oxygens (including phenoxy) is 2. The van der Waals surface area contributed by atoms with Crippen LogP contribution in [-0.2, 0) is 18.8 Å². The second-order valence-electron chi connectivity index (χ2n) is 9.32. The van der Waals surface area contributed by atoms with Gasteiger partial charge in [-0.3, -0.25) is 0 Å². The van der Waals surface area contributed by atoms with Gasteiger partial charge in [-0.25, -0.2) is 0 Å². The highest BCUT2D eigenvalue weighted by atomic mass is 16.7. The van der Waals surface area contributed by atoms with E-state index in [0.717, 1.165) is 26.0 Å². The van der Waals surface area contributed by atoms with Crippen LogP contribution in [0.3, 0.4) is 0 Å². The van der Waals surface area contributed by atoms with Crippen molar-refractivity contribution in [2.45, 2.75) is 129 Å². The van der Waals surface area contributed by atoms with Crippen LogP contribution in [-0.4, -0.2) is 37.8 Å². The predicted octanol–water partition coefficient (Wildman–Crippen LogP) is 6.13. The standard InChI is InChI=1S/C22H43BO4/c1-21(2)22(3,4)27-23(26-21)17-13-10-8-6-5-7-9-11-14-18-24-20-16-12-15-19-25-20/h20H,5-19H2,1-4H3. The van der Waals surface area contributed by atoms with Crippen molar-refractivity contribution in [2.24, 2.45) is 0 Å². The molecule has 0 aromatic heterocycles. The zero-order chi connectivity index (χ0) is 19.6. The van der Waals surface area contributed by atoms with E-state index in [0.29, 0.717) is 0 Å². The Balaban J connectivity index is 1.32. The van der Waals surface area contributed by atoms with Crippen molar-refractivity contribution in [2.75, 3.05) is 13.2 Å². The van der Waals surface area contributed by atoms with Crippen molar-refractivity contribution < 1.29 is 18.8 Å². The summed E-state index contributed by atoms with van der Waals surface area (Å²) >= 11 is 0. The van der Waals surface area contributed by atoms with Gasteiger partial charge in [0.05, 0.1) is 11.2 Å². The summed E-state index contributed by atoms with van der Waals surface area (Å²) in [5.41, 5.74) is -0.377. The highest BCUT2D eigenvalue weighted by Gasteiger charge is 2.50. The van der Waals surface area contributed by atoms with Gasteiger partial charge < -0.3 is 18.8 Å². The molecular weight excluding hydrogens is 339 g/mol. The van der Waals surface area contributed by atoms with Crippen LogP contribution < -0.4 is 0 Å². The highest BCUT2D eigenvalue weighted by molar-refractivity contribution is 6.45. The lowest BCUT2D eigenvalue weighted by Gasteiger charge is -2.32. The normalized spacial score (nSPS) is 24.4. The lowest BCUT2D eigenvalue weighted by atomic mass is 9.82. The van der Waals surface area contributed by atoms with E-state index in [4.69, 9.17) is 18.8 Å². The molecule has 2 rings (SSSR count). The van der Waals surface area contributed by atoms with Crippen LogP contribution in [0.25, 0.3) is 0 Å². The molecule has 0 amide bonds. The molecule has 0 bridgehead atoms. The van der Waals surface area contributed by atoms with Crippen LogP contribution in [0.2, 0.25) is 6.32 Å². The van der Waals surface area contributed by atoms with E-state index >= 15 is 0 Å². The van der Waals surface area contributed by atoms with Crippen LogP contribution in [0.4, 0.5) is 0 Å². The van der Waals surface area contributed by atoms with Crippen molar-refractivity contribution >= 4 is 7.12 Å². The summed E-state index contributed by atoms with van der Waals surface area (Å²) in [6.45, 7) is 10.3. The molecule has 2 saturated heterocycles. The van der Waals surface area contributed by atoms with Crippen molar-refractivity contribution in [1.29, 1.82) is 0 Å². The predicted molar refractivity (Wildman–Crippen MR) is 112 cm³/mol. The SMILES string of the molecule is CC1(C)OB(CCCCCCCCCCCOC2CCCCO2)OC1(C)C. The van der Waals surface area contributed by atoms with Crippen LogP contribution in [0.15, 0.2) is 0 Å². The minimum Gasteiger partial charge on any atom is -0.403 e. The Morgan fingerprint density at radius 1 is 0.778 bits per heavy atom. The molecular formula is C22H43BO4. The lowest BCUT2D eigenvalue weighted by molar-refractivity contribution is -0.162. The average Bonchev–Trinajstić information content (AvgIpc) is 2.83. The van der Waals surface area contributed by atoms with E-state index in [1.165, 1.54) is 70.6 Å². The fourth-order valence-electron chi connectivity index (χ4n) is 3.79. The van der Waals surface area contributed by atoms with Gasteiger partial charge in [0, 0.05) is 13.2 Å². The molecule has 158 valence electrons. The summed E-state index contributed by atoms with van der Waals surface area (Å²) in [4.78, 5) is 0. The Morgan fingerprint density at radius 3 is 1.89 bits per heavy atom. The van der Waals surface area contributed by atoms with Crippen molar-refractivity contribution in [3.8, 4) is 0 Å². The third-order valence-electron chi connectivity index (χ3n) is 6.33. The largest absolute Gasteiger partial charge is 0.457 e. The molecule has 0 N–H and O–H groups in total. The summed E-state index contributed by atoms with van der Waals surface area (Å²) < 4.78 is 23.5. The van der Waals surface area contributed by atoms with Crippen LogP contribution in [0.1, 0.15) is 105 Å². The van der Waals surface area contributed by atoms with Gasteiger partial charge in [-0.15, -0.1) is 0 Å². The second kappa shape index (κ2) is 11.8. The number of hydrogen-bond acceptors (Lipinski definition) is 4. The van der Waals surface area contributed by atoms with E-state index in [2.05, 4.69) is 27.7 Å². The quantitative estimate of drug-likeness (QED) is 0.283. The first-order chi connectivity index (χ1) is 12.9. The van der Waals surface area contributed by atoms with Crippen LogP contribution in [0.5, 0.6) is 0 Å². The molecule has 2 aliphatic heterocycles. The molecule has 2 heterocycles. The Morgan fingerprint density at radius 2 is 1.33 bits per heavy atom. The maximum Gasteiger partial charge on any atom is 0.457 e. The van der Waals surface area contributed by atoms with Gasteiger partial charge in [0.25, 0.3) is 0 Å². The second-order valence-corrected chi connectivity index (χ2v) is 9.32. The van der Waals surface area contributed by atoms with Gasteiger partial charge >= 0.3 is 7.12 Å². The maximum absolute atomic E-state index is 6.05. The van der Waals surface area contributed by atoms with E-state index in [-0.39, 0.29) is 24.6 Å². The molecule has 1 atom stereocenters. The summed E-state index contributed by atoms with van der Waals surface area (Å²) in [7, 11) is -0.0174. The Hall–Kier alpha value is -0.0951. The van der Waals surface area contributed by atoms with E-state index in [1.807, 2.05) is 0 Å². The Kier molecular flexibility index (Phi) is 10.1. The van der Waals surface area contributed by atoms with Gasteiger partial charge in [-0.05, 0) is 59.7 Å². The molecule has 0 aliphatic carbocycles. The topological polar surface area (TPSA) is 36.9 Å². The first-order valence-electron chi connectivity index (χ1n) is 11.5. The third kappa shape index (κ3) is 8.43. The minimum atomic E-state index is -0.188. The van der Waals surface area contributed by atoms with Gasteiger partial charge in [0.2, 0.25) is 0 Å². The summed E-state index contributed by atoms with van der Waals surface area (Å²) in [6.07, 6.45) is 16.3. The Labute approximate surface area is 168 Å². The van der Waals surface area contributed by atoms with Gasteiger partial charge in [-0.2, -0.15) is 0 Å². The highest BCUT2D eigenvalue weighted by Crippen LogP contribution is 2.38. The summed E-state index contributed by atoms with van der Waals surface area (Å²) in [6, 6.07) is 0. The van der Waals surface area contributed by atoms with Crippen LogP contribution >= 0.6 is 0 Å². The molecule has 5 heteroatoms. The molecule has 0 saturated carbocycles. The van der Waals surface area contributed by atoms with E-state index < -0.39 is 0 Å². The Bertz CT molecular complexity index is 378. The zero-order valence-electron chi connectivity index (χ0n) is 18.4. The molecule has 1 unspecified atom stereocenters. The summed E-state index contributed by atoms with van der Waals surface area (Å²) in [5.74, 6) is 0. The minimum absolute atomic E-state index is 0.0174. The molecule has 2 aliphatic rings. The van der Waals surface area contributed by atoms with Crippen molar-refractivity contribution in [3.05, 3.63) is 0 Å². The fourth-order valence-corrected chi connectivity index (χ4v) is 3.79. The zero-order valence-corrected chi connectivity index (χ0v) is 18.4. The van der Waals surface area contributed by atoms with Crippen molar-refractivity contribution in [1.82, 2.24) is 0 Å². The van der Waals surface area contributed by atoms with E-state index in [1.54, 1.807) is 0 Å². The monoisotopic (exact) mass is 382 g/mol. The first-order valence-corrected chi connectivity index (χ1v) is 11.5. The molecule has 0 spiro atoms. The fraction of sp³-hybridized carbons (Fsp3) is 1.00. The summed E-state index contributed by atoms with van der Waals surface area (Å²) in [5, 5.41) is 0. The molecule has 27 heavy (non-hydrogen) atoms. The maximum atomic E-state index is 6.05. The van der Waals surface area contributed by atoms with Gasteiger partial charge in [0.1, 0.15) is 0 Å². The van der Waals surface area contributed by atoms with Crippen molar-refractivity contribution in [3.63, 3.8) is 0 Å². The number of unbranched alkanes of at least 4 members (excludes halogenated alkanes) is 8. The molecule has 4 nitrogen and oxygen atoms in total. The van der Waals surface area contributed by atoms with Gasteiger partial charge in [-0.1, -0.05) is 51.4 Å². The average molecular weight is 382 g/mol. The number of rotatable bonds is 13. The molecule has 0 aromatic rings. The third-order valence-corrected chi connectivity index (χ3v) is 6.33. The first kappa shape index (κ1) is 23.2. The molecule has 2 fully saturated rings. The molecule has 0 radical (unpaired) electrons. The van der Waals surface area contributed by atoms with E-state index in [9.17, 15) is 0 Å². The lowest BCUT2D eigenvalue weighted by Crippen LogP contribution is -2.41. The number of hydrogen-bond donors (Lipinski definition) is 0. The molecule has 0 aromatic carbocycles. The van der Waals surface area contributed by atoms with Gasteiger partial charge in [0.15, 0.2) is 6.29 Å². The smallest absolute Gasteiger partial charge is 0.403 e.